The molecule has 2 bridgehead atoms. The second kappa shape index (κ2) is 6.03. The molecule has 0 saturated heterocycles. The fraction of sp³-hybridized carbons (Fsp3) is 0.688. The lowest BCUT2D eigenvalue weighted by atomic mass is 9.58. The summed E-state index contributed by atoms with van der Waals surface area (Å²) >= 11 is 0. The Balaban J connectivity index is 1.93. The van der Waals surface area contributed by atoms with Crippen molar-refractivity contribution in [3.8, 4) is 0 Å². The molecule has 1 heterocycles. The molecular formula is C16H20F3N3O3. The van der Waals surface area contributed by atoms with Gasteiger partial charge >= 0.3 is 11.9 Å². The van der Waals surface area contributed by atoms with Crippen LogP contribution in [0.3, 0.4) is 0 Å². The van der Waals surface area contributed by atoms with Crippen LogP contribution in [0.2, 0.25) is 0 Å². The Morgan fingerprint density at radius 3 is 2.24 bits per heavy atom. The van der Waals surface area contributed by atoms with Crippen molar-refractivity contribution >= 4 is 11.6 Å². The Bertz CT molecular complexity index is 804. The molecule has 1 aromatic heterocycles. The number of nitrogens with zero attached hydrogens (tertiary/aromatic N) is 2. The van der Waals surface area contributed by atoms with Crippen molar-refractivity contribution in [3.05, 3.63) is 27.0 Å². The first-order valence-corrected chi connectivity index (χ1v) is 8.25. The molecule has 3 saturated carbocycles. The monoisotopic (exact) mass is 359 g/mol. The fourth-order valence-corrected chi connectivity index (χ4v) is 4.41. The van der Waals surface area contributed by atoms with Gasteiger partial charge in [-0.2, -0.15) is 13.2 Å². The Kier molecular flexibility index (Phi) is 4.28. The third-order valence-corrected chi connectivity index (χ3v) is 5.60. The number of halogens is 3. The molecule has 3 aliphatic carbocycles. The highest BCUT2D eigenvalue weighted by molar-refractivity contribution is 5.92. The smallest absolute Gasteiger partial charge is 0.320 e. The molecule has 0 unspecified atom stereocenters. The minimum atomic E-state index is -4.44. The lowest BCUT2D eigenvalue weighted by molar-refractivity contribution is -0.227. The Hall–Kier alpha value is -2.06. The van der Waals surface area contributed by atoms with Gasteiger partial charge in [-0.1, -0.05) is 0 Å². The number of nitrogens with one attached hydrogen (secondary N) is 1. The Labute approximate surface area is 141 Å². The highest BCUT2D eigenvalue weighted by Crippen LogP contribution is 2.54. The van der Waals surface area contributed by atoms with E-state index in [-0.39, 0.29) is 11.6 Å². The highest BCUT2D eigenvalue weighted by Gasteiger charge is 2.58. The van der Waals surface area contributed by atoms with Gasteiger partial charge in [0.25, 0.3) is 5.56 Å². The maximum atomic E-state index is 13.5. The zero-order valence-electron chi connectivity index (χ0n) is 14.0. The molecule has 6 nitrogen and oxygen atoms in total. The van der Waals surface area contributed by atoms with Gasteiger partial charge < -0.3 is 9.88 Å². The summed E-state index contributed by atoms with van der Waals surface area (Å²) in [5, 5.41) is 2.34. The van der Waals surface area contributed by atoms with Crippen LogP contribution >= 0.6 is 0 Å². The number of amides is 1. The van der Waals surface area contributed by atoms with E-state index in [0.29, 0.717) is 25.7 Å². The van der Waals surface area contributed by atoms with Gasteiger partial charge in [0.1, 0.15) is 5.69 Å². The highest BCUT2D eigenvalue weighted by atomic mass is 19.4. The van der Waals surface area contributed by atoms with E-state index in [0.717, 1.165) is 15.3 Å². The second-order valence-electron chi connectivity index (χ2n) is 7.06. The molecule has 9 heteroatoms. The van der Waals surface area contributed by atoms with Crippen LogP contribution in [0.1, 0.15) is 25.7 Å². The summed E-state index contributed by atoms with van der Waals surface area (Å²) in [6.07, 6.45) is -1.13. The molecule has 0 spiro atoms. The zero-order valence-corrected chi connectivity index (χ0v) is 14.0. The zero-order chi connectivity index (χ0) is 18.5. The molecule has 0 aromatic carbocycles. The number of hydrogen-bond acceptors (Lipinski definition) is 3. The van der Waals surface area contributed by atoms with Gasteiger partial charge in [0.05, 0.1) is 11.8 Å². The molecule has 138 valence electrons. The molecule has 2 atom stereocenters. The van der Waals surface area contributed by atoms with E-state index in [2.05, 4.69) is 5.32 Å². The maximum Gasteiger partial charge on any atom is 0.392 e. The van der Waals surface area contributed by atoms with Gasteiger partial charge in [-0.05, 0) is 37.5 Å². The van der Waals surface area contributed by atoms with Crippen molar-refractivity contribution < 1.29 is 18.0 Å². The van der Waals surface area contributed by atoms with Gasteiger partial charge in [0, 0.05) is 20.3 Å². The second-order valence-corrected chi connectivity index (χ2v) is 7.06. The first-order valence-electron chi connectivity index (χ1n) is 8.25. The van der Waals surface area contributed by atoms with Crippen LogP contribution in [0.25, 0.3) is 0 Å². The molecule has 0 radical (unpaired) electrons. The number of alkyl halides is 3. The van der Waals surface area contributed by atoms with Crippen LogP contribution in [-0.2, 0) is 18.9 Å². The van der Waals surface area contributed by atoms with Crippen molar-refractivity contribution in [1.29, 1.82) is 0 Å². The molecular weight excluding hydrogens is 339 g/mol. The minimum Gasteiger partial charge on any atom is -0.320 e. The topological polar surface area (TPSA) is 73.1 Å². The lowest BCUT2D eigenvalue weighted by Gasteiger charge is -2.48. The molecule has 3 aliphatic rings. The average Bonchev–Trinajstić information content (AvgIpc) is 2.57. The van der Waals surface area contributed by atoms with E-state index >= 15 is 0 Å². The maximum absolute atomic E-state index is 13.5. The summed E-state index contributed by atoms with van der Waals surface area (Å²) in [4.78, 5) is 36.4. The Morgan fingerprint density at radius 2 is 1.68 bits per heavy atom. The molecule has 1 aromatic rings. The molecule has 4 rings (SSSR count). The van der Waals surface area contributed by atoms with Gasteiger partial charge in [0.2, 0.25) is 5.91 Å². The van der Waals surface area contributed by atoms with Gasteiger partial charge in [-0.15, -0.1) is 0 Å². The summed E-state index contributed by atoms with van der Waals surface area (Å²) in [7, 11) is 2.65. The number of hydrogen-bond donors (Lipinski definition) is 1. The fourth-order valence-electron chi connectivity index (χ4n) is 4.41. The number of carbonyl (C=O) groups excluding carboxylic acids is 1. The van der Waals surface area contributed by atoms with E-state index in [1.165, 1.54) is 14.1 Å². The third kappa shape index (κ3) is 3.00. The van der Waals surface area contributed by atoms with Gasteiger partial charge in [0.15, 0.2) is 0 Å². The number of anilines is 1. The third-order valence-electron chi connectivity index (χ3n) is 5.60. The molecule has 0 aliphatic heterocycles. The number of fused-ring (bicyclic) bond motifs is 3. The van der Waals surface area contributed by atoms with E-state index in [4.69, 9.17) is 0 Å². The van der Waals surface area contributed by atoms with E-state index < -0.39 is 41.1 Å². The van der Waals surface area contributed by atoms with Crippen LogP contribution < -0.4 is 16.6 Å². The van der Waals surface area contributed by atoms with Crippen LogP contribution in [-0.4, -0.2) is 21.2 Å². The molecule has 1 amide bonds. The molecule has 3 fully saturated rings. The quantitative estimate of drug-likeness (QED) is 0.872. The van der Waals surface area contributed by atoms with Gasteiger partial charge in [-0.25, -0.2) is 4.79 Å². The van der Waals surface area contributed by atoms with E-state index in [1.807, 2.05) is 0 Å². The van der Waals surface area contributed by atoms with E-state index in [1.54, 1.807) is 0 Å². The summed E-state index contributed by atoms with van der Waals surface area (Å²) in [5.74, 6) is -4.50. The SMILES string of the molecule is Cn1cc(NC(=O)[C@H]2C3CCC(CC3)[C@@H]2C(F)(F)F)c(=O)n(C)c1=O. The Morgan fingerprint density at radius 1 is 1.12 bits per heavy atom. The normalized spacial score (nSPS) is 28.8. The van der Waals surface area contributed by atoms with Crippen molar-refractivity contribution in [3.63, 3.8) is 0 Å². The minimum absolute atomic E-state index is 0.183. The van der Waals surface area contributed by atoms with Crippen molar-refractivity contribution in [2.24, 2.45) is 37.8 Å². The van der Waals surface area contributed by atoms with Crippen LogP contribution in [0.5, 0.6) is 0 Å². The number of rotatable bonds is 2. The standard InChI is InChI=1S/C16H20F3N3O3/c1-21-7-10(14(24)22(2)15(21)25)20-13(23)11-8-3-5-9(6-4-8)12(11)16(17,18)19/h7-9,11-12H,3-6H2,1-2H3,(H,20,23)/t8?,9?,11-,12-/m0/s1. The summed E-state index contributed by atoms with van der Waals surface area (Å²) < 4.78 is 42.5. The van der Waals surface area contributed by atoms with Crippen molar-refractivity contribution in [1.82, 2.24) is 9.13 Å². The number of carbonyl (C=O) groups is 1. The number of aryl methyl sites for hydroxylation is 1. The van der Waals surface area contributed by atoms with Crippen LogP contribution in [0.15, 0.2) is 15.8 Å². The predicted octanol–water partition coefficient (Wildman–Crippen LogP) is 1.64. The summed E-state index contributed by atoms with van der Waals surface area (Å²) in [5.41, 5.74) is -1.49. The largest absolute Gasteiger partial charge is 0.392 e. The molecule has 1 N–H and O–H groups in total. The number of aromatic nitrogens is 2. The van der Waals surface area contributed by atoms with Crippen LogP contribution in [0.4, 0.5) is 18.9 Å². The van der Waals surface area contributed by atoms with Crippen molar-refractivity contribution in [2.45, 2.75) is 31.9 Å². The first kappa shape index (κ1) is 17.8. The molecule has 25 heavy (non-hydrogen) atoms. The van der Waals surface area contributed by atoms with Gasteiger partial charge in [-0.3, -0.25) is 14.2 Å². The van der Waals surface area contributed by atoms with Crippen LogP contribution in [0, 0.1) is 23.7 Å². The summed E-state index contributed by atoms with van der Waals surface area (Å²) in [6.45, 7) is 0. The summed E-state index contributed by atoms with van der Waals surface area (Å²) in [6, 6.07) is 0. The first-order chi connectivity index (χ1) is 11.6. The van der Waals surface area contributed by atoms with E-state index in [9.17, 15) is 27.6 Å². The predicted molar refractivity (Wildman–Crippen MR) is 84.0 cm³/mol. The average molecular weight is 359 g/mol. The lowest BCUT2D eigenvalue weighted by Crippen LogP contribution is -2.52. The van der Waals surface area contributed by atoms with Crippen molar-refractivity contribution in [2.75, 3.05) is 5.32 Å².